The fourth-order valence-electron chi connectivity index (χ4n) is 2.31. The maximum atomic E-state index is 12.2. The molecular weight excluding hydrogens is 246 g/mol. The number of carbonyl (C=O) groups is 2. The smallest absolute Gasteiger partial charge is 0.255 e. The molecule has 1 atom stereocenters. The van der Waals surface area contributed by atoms with E-state index in [9.17, 15) is 14.4 Å². The molecule has 19 heavy (non-hydrogen) atoms. The molecule has 102 valence electrons. The molecule has 0 radical (unpaired) electrons. The molecule has 2 amide bonds. The van der Waals surface area contributed by atoms with Crippen LogP contribution < -0.4 is 10.9 Å². The van der Waals surface area contributed by atoms with E-state index in [0.29, 0.717) is 18.7 Å². The van der Waals surface area contributed by atoms with E-state index in [0.717, 1.165) is 12.8 Å². The molecule has 0 bridgehead atoms. The zero-order valence-corrected chi connectivity index (χ0v) is 10.8. The summed E-state index contributed by atoms with van der Waals surface area (Å²) in [5.41, 5.74) is 0.204. The van der Waals surface area contributed by atoms with E-state index in [1.165, 1.54) is 18.3 Å². The Morgan fingerprint density at radius 1 is 1.42 bits per heavy atom. The molecule has 1 aliphatic heterocycles. The minimum atomic E-state index is -0.238. The fourth-order valence-corrected chi connectivity index (χ4v) is 2.31. The number of H-pyrrole nitrogens is 1. The van der Waals surface area contributed by atoms with Crippen LogP contribution in [0.5, 0.6) is 0 Å². The van der Waals surface area contributed by atoms with E-state index in [1.807, 2.05) is 0 Å². The predicted molar refractivity (Wildman–Crippen MR) is 69.8 cm³/mol. The van der Waals surface area contributed by atoms with Crippen LogP contribution in [0.2, 0.25) is 0 Å². The summed E-state index contributed by atoms with van der Waals surface area (Å²) in [6.45, 7) is 1.07. The normalized spacial score (nSPS) is 19.0. The molecule has 2 N–H and O–H groups in total. The predicted octanol–water partition coefficient (Wildman–Crippen LogP) is -0.0269. The molecule has 0 aromatic carbocycles. The van der Waals surface area contributed by atoms with Crippen LogP contribution in [0.25, 0.3) is 0 Å². The molecule has 2 heterocycles. The lowest BCUT2D eigenvalue weighted by Gasteiger charge is -2.31. The summed E-state index contributed by atoms with van der Waals surface area (Å²) in [6.07, 6.45) is 3.02. The Bertz CT molecular complexity index is 518. The number of likely N-dealkylation sites (tertiary alicyclic amines) is 1. The quantitative estimate of drug-likeness (QED) is 0.786. The molecule has 0 saturated carbocycles. The average Bonchev–Trinajstić information content (AvgIpc) is 2.46. The number of amides is 2. The van der Waals surface area contributed by atoms with Crippen molar-refractivity contribution in [2.75, 3.05) is 20.1 Å². The van der Waals surface area contributed by atoms with Gasteiger partial charge in [0.1, 0.15) is 0 Å². The van der Waals surface area contributed by atoms with Gasteiger partial charge in [-0.1, -0.05) is 0 Å². The molecule has 1 saturated heterocycles. The van der Waals surface area contributed by atoms with Crippen molar-refractivity contribution >= 4 is 11.8 Å². The second kappa shape index (κ2) is 5.69. The minimum Gasteiger partial charge on any atom is -0.359 e. The van der Waals surface area contributed by atoms with Crippen molar-refractivity contribution in [3.05, 3.63) is 34.2 Å². The Balaban J connectivity index is 2.08. The average molecular weight is 263 g/mol. The van der Waals surface area contributed by atoms with Crippen molar-refractivity contribution < 1.29 is 9.59 Å². The summed E-state index contributed by atoms with van der Waals surface area (Å²) in [6, 6.07) is 2.83. The molecule has 0 aliphatic carbocycles. The van der Waals surface area contributed by atoms with E-state index in [2.05, 4.69) is 10.3 Å². The van der Waals surface area contributed by atoms with Gasteiger partial charge in [0.25, 0.3) is 5.91 Å². The molecule has 1 aromatic heterocycles. The van der Waals surface area contributed by atoms with Gasteiger partial charge in [0.15, 0.2) is 0 Å². The number of pyridine rings is 1. The van der Waals surface area contributed by atoms with Crippen LogP contribution in [0.4, 0.5) is 0 Å². The van der Waals surface area contributed by atoms with Crippen molar-refractivity contribution in [1.29, 1.82) is 0 Å². The fraction of sp³-hybridized carbons (Fsp3) is 0.462. The number of rotatable bonds is 2. The molecule has 1 aliphatic rings. The van der Waals surface area contributed by atoms with Crippen LogP contribution >= 0.6 is 0 Å². The van der Waals surface area contributed by atoms with Gasteiger partial charge in [-0.15, -0.1) is 0 Å². The van der Waals surface area contributed by atoms with Crippen LogP contribution in [-0.2, 0) is 4.79 Å². The minimum absolute atomic E-state index is 0.0287. The third kappa shape index (κ3) is 3.01. The first-order valence-electron chi connectivity index (χ1n) is 6.31. The second-order valence-electron chi connectivity index (χ2n) is 4.65. The number of aromatic nitrogens is 1. The number of hydrogen-bond donors (Lipinski definition) is 2. The van der Waals surface area contributed by atoms with Crippen molar-refractivity contribution in [2.24, 2.45) is 5.92 Å². The largest absolute Gasteiger partial charge is 0.359 e. The van der Waals surface area contributed by atoms with Crippen molar-refractivity contribution in [3.63, 3.8) is 0 Å². The van der Waals surface area contributed by atoms with E-state index in [1.54, 1.807) is 11.9 Å². The van der Waals surface area contributed by atoms with Gasteiger partial charge in [-0.2, -0.15) is 0 Å². The van der Waals surface area contributed by atoms with Crippen molar-refractivity contribution in [2.45, 2.75) is 12.8 Å². The summed E-state index contributed by atoms with van der Waals surface area (Å²) >= 11 is 0. The van der Waals surface area contributed by atoms with E-state index >= 15 is 0 Å². The SMILES string of the molecule is CNC(=O)[C@@H]1CCCN(C(=O)c2ccc(=O)[nH]c2)C1. The highest BCUT2D eigenvalue weighted by atomic mass is 16.2. The summed E-state index contributed by atoms with van der Waals surface area (Å²) in [5.74, 6) is -0.325. The summed E-state index contributed by atoms with van der Waals surface area (Å²) in [4.78, 5) is 39.0. The number of nitrogens with one attached hydrogen (secondary N) is 2. The lowest BCUT2D eigenvalue weighted by Crippen LogP contribution is -2.44. The van der Waals surface area contributed by atoms with Gasteiger partial charge in [0.2, 0.25) is 11.5 Å². The molecular formula is C13H17N3O3. The molecule has 6 heteroatoms. The zero-order valence-electron chi connectivity index (χ0n) is 10.8. The maximum Gasteiger partial charge on any atom is 0.255 e. The van der Waals surface area contributed by atoms with Crippen LogP contribution in [0.3, 0.4) is 0 Å². The number of carbonyl (C=O) groups excluding carboxylic acids is 2. The highest BCUT2D eigenvalue weighted by Gasteiger charge is 2.28. The van der Waals surface area contributed by atoms with Crippen LogP contribution in [0.15, 0.2) is 23.1 Å². The summed E-state index contributed by atoms with van der Waals surface area (Å²) in [5, 5.41) is 2.62. The van der Waals surface area contributed by atoms with Gasteiger partial charge in [0, 0.05) is 32.4 Å². The van der Waals surface area contributed by atoms with Crippen LogP contribution in [-0.4, -0.2) is 41.8 Å². The lowest BCUT2D eigenvalue weighted by atomic mass is 9.96. The number of aromatic amines is 1. The molecule has 2 rings (SSSR count). The van der Waals surface area contributed by atoms with Crippen LogP contribution in [0.1, 0.15) is 23.2 Å². The Labute approximate surface area is 110 Å². The Kier molecular flexibility index (Phi) is 3.99. The molecule has 1 fully saturated rings. The first-order chi connectivity index (χ1) is 9.11. The topological polar surface area (TPSA) is 82.3 Å². The van der Waals surface area contributed by atoms with Gasteiger partial charge in [-0.05, 0) is 18.9 Å². The maximum absolute atomic E-state index is 12.2. The molecule has 0 spiro atoms. The number of hydrogen-bond acceptors (Lipinski definition) is 3. The zero-order chi connectivity index (χ0) is 13.8. The standard InChI is InChI=1S/C13H17N3O3/c1-14-12(18)10-3-2-6-16(8-10)13(19)9-4-5-11(17)15-7-9/h4-5,7,10H,2-3,6,8H2,1H3,(H,14,18)(H,15,17)/t10-/m1/s1. The molecule has 1 aromatic rings. The monoisotopic (exact) mass is 263 g/mol. The Hall–Kier alpha value is -2.11. The first kappa shape index (κ1) is 13.3. The van der Waals surface area contributed by atoms with Crippen molar-refractivity contribution in [1.82, 2.24) is 15.2 Å². The first-order valence-corrected chi connectivity index (χ1v) is 6.31. The van der Waals surface area contributed by atoms with E-state index < -0.39 is 0 Å². The molecule has 0 unspecified atom stereocenters. The third-order valence-electron chi connectivity index (χ3n) is 3.36. The Morgan fingerprint density at radius 2 is 2.21 bits per heavy atom. The van der Waals surface area contributed by atoms with Gasteiger partial charge in [-0.25, -0.2) is 0 Å². The van der Waals surface area contributed by atoms with Crippen molar-refractivity contribution in [3.8, 4) is 0 Å². The second-order valence-corrected chi connectivity index (χ2v) is 4.65. The number of piperidine rings is 1. The van der Waals surface area contributed by atoms with Gasteiger partial charge in [-0.3, -0.25) is 14.4 Å². The highest BCUT2D eigenvalue weighted by molar-refractivity contribution is 5.94. The van der Waals surface area contributed by atoms with Gasteiger partial charge >= 0.3 is 0 Å². The summed E-state index contributed by atoms with van der Waals surface area (Å²) in [7, 11) is 1.60. The molecule has 6 nitrogen and oxygen atoms in total. The van der Waals surface area contributed by atoms with E-state index in [-0.39, 0.29) is 23.3 Å². The van der Waals surface area contributed by atoms with Gasteiger partial charge in [0.05, 0.1) is 11.5 Å². The Morgan fingerprint density at radius 3 is 2.84 bits per heavy atom. The lowest BCUT2D eigenvalue weighted by molar-refractivity contribution is -0.125. The highest BCUT2D eigenvalue weighted by Crippen LogP contribution is 2.18. The summed E-state index contributed by atoms with van der Waals surface area (Å²) < 4.78 is 0. The van der Waals surface area contributed by atoms with E-state index in [4.69, 9.17) is 0 Å². The third-order valence-corrected chi connectivity index (χ3v) is 3.36. The van der Waals surface area contributed by atoms with Crippen LogP contribution in [0, 0.1) is 5.92 Å². The van der Waals surface area contributed by atoms with Gasteiger partial charge < -0.3 is 15.2 Å². The number of nitrogens with zero attached hydrogens (tertiary/aromatic N) is 1.